The van der Waals surface area contributed by atoms with E-state index in [1.807, 2.05) is 24.3 Å². The predicted octanol–water partition coefficient (Wildman–Crippen LogP) is 26.8. The average Bonchev–Trinajstić information content (AvgIpc) is 0.797. The minimum absolute atomic E-state index is 0. The van der Waals surface area contributed by atoms with Crippen molar-refractivity contribution in [2.45, 2.75) is 353 Å². The molecule has 12 nitrogen and oxygen atoms in total. The van der Waals surface area contributed by atoms with E-state index in [9.17, 15) is 19.2 Å². The molecule has 0 aromatic heterocycles. The Labute approximate surface area is 684 Å². The van der Waals surface area contributed by atoms with Crippen LogP contribution in [0.2, 0.25) is 0 Å². The van der Waals surface area contributed by atoms with Crippen LogP contribution < -0.4 is 18.9 Å². The Hall–Kier alpha value is -7.28. The number of rotatable bonds is 44. The maximum atomic E-state index is 13.6. The molecule has 14 heteroatoms. The highest BCUT2D eigenvalue weighted by Crippen LogP contribution is 2.34. The summed E-state index contributed by atoms with van der Waals surface area (Å²) >= 11 is 6.62. The minimum atomic E-state index is -0.759. The van der Waals surface area contributed by atoms with Crippen molar-refractivity contribution in [1.82, 2.24) is 0 Å². The van der Waals surface area contributed by atoms with Crippen LogP contribution in [-0.4, -0.2) is 72.7 Å². The quantitative estimate of drug-likeness (QED) is 0.0180. The van der Waals surface area contributed by atoms with Gasteiger partial charge in [0, 0.05) is 44.3 Å². The van der Waals surface area contributed by atoms with E-state index in [1.165, 1.54) is 167 Å². The first-order valence-corrected chi connectivity index (χ1v) is 42.2. The van der Waals surface area contributed by atoms with Crippen molar-refractivity contribution in [2.75, 3.05) is 26.4 Å². The first-order valence-electron chi connectivity index (χ1n) is 40.6. The van der Waals surface area contributed by atoms with Gasteiger partial charge in [-0.2, -0.15) is 0 Å². The molecule has 4 aromatic rings. The van der Waals surface area contributed by atoms with Crippen LogP contribution in [-0.2, 0) is 18.9 Å². The molecule has 0 aliphatic rings. The fraction of sp³-hybridized carbons (Fsp3) is 0.604. The van der Waals surface area contributed by atoms with Gasteiger partial charge in [-0.1, -0.05) is 250 Å². The van der Waals surface area contributed by atoms with Gasteiger partial charge in [-0.15, -0.1) is 25.2 Å². The zero-order valence-electron chi connectivity index (χ0n) is 70.0. The molecular weight excluding hydrogens is 1500 g/mol. The van der Waals surface area contributed by atoms with Crippen molar-refractivity contribution >= 4 is 55.7 Å². The number of hydrogen-bond acceptors (Lipinski definition) is 12. The molecular formula is C96H138Br2O12. The highest BCUT2D eigenvalue weighted by atomic mass is 79.9. The van der Waals surface area contributed by atoms with Gasteiger partial charge in [0.15, 0.2) is 0 Å². The number of ether oxygens (including phenoxy) is 8. The summed E-state index contributed by atoms with van der Waals surface area (Å²) in [5.74, 6) is 20.9. The summed E-state index contributed by atoms with van der Waals surface area (Å²) in [6.45, 7) is 34.6. The number of halogens is 2. The van der Waals surface area contributed by atoms with Crippen LogP contribution in [0.3, 0.4) is 0 Å². The van der Waals surface area contributed by atoms with Gasteiger partial charge in [-0.3, -0.25) is 0 Å². The number of esters is 4. The molecule has 0 radical (unpaired) electrons. The van der Waals surface area contributed by atoms with Crippen LogP contribution in [0.5, 0.6) is 23.0 Å². The van der Waals surface area contributed by atoms with Crippen LogP contribution in [0.15, 0.2) is 57.5 Å². The number of unbranched alkanes of at least 4 members (excludes halogenated alkanes) is 28. The molecule has 4 aromatic carbocycles. The van der Waals surface area contributed by atoms with E-state index in [1.54, 1.807) is 114 Å². The summed E-state index contributed by atoms with van der Waals surface area (Å²) in [6, 6.07) is 13.6. The zero-order valence-corrected chi connectivity index (χ0v) is 73.1. The Morgan fingerprint density at radius 1 is 0.300 bits per heavy atom. The molecule has 0 saturated heterocycles. The molecule has 0 spiro atoms. The van der Waals surface area contributed by atoms with Crippen molar-refractivity contribution in [3.8, 4) is 83.7 Å². The van der Waals surface area contributed by atoms with Gasteiger partial charge in [0.25, 0.3) is 0 Å². The van der Waals surface area contributed by atoms with Crippen molar-refractivity contribution < 1.29 is 57.1 Å². The van der Waals surface area contributed by atoms with Crippen molar-refractivity contribution in [3.05, 3.63) is 113 Å². The summed E-state index contributed by atoms with van der Waals surface area (Å²) < 4.78 is 47.7. The van der Waals surface area contributed by atoms with Gasteiger partial charge < -0.3 is 37.9 Å². The van der Waals surface area contributed by atoms with Gasteiger partial charge in [-0.25, -0.2) is 19.2 Å². The normalized spacial score (nSPS) is 11.0. The third-order valence-electron chi connectivity index (χ3n) is 16.9. The number of benzene rings is 4. The smallest absolute Gasteiger partial charge is 0.339 e. The van der Waals surface area contributed by atoms with Gasteiger partial charge >= 0.3 is 23.9 Å². The lowest BCUT2D eigenvalue weighted by atomic mass is 9.97. The Balaban J connectivity index is 0.000000923. The molecule has 4 rings (SSSR count). The van der Waals surface area contributed by atoms with Crippen molar-refractivity contribution in [1.29, 1.82) is 0 Å². The number of hydrogen-bond donors (Lipinski definition) is 0. The largest absolute Gasteiger partial charge is 0.492 e. The molecule has 0 unspecified atom stereocenters. The van der Waals surface area contributed by atoms with Crippen LogP contribution in [0, 0.1) is 60.7 Å². The molecule has 0 aliphatic carbocycles. The summed E-state index contributed by atoms with van der Waals surface area (Å²) in [6.07, 6.45) is 56.9. The Kier molecular flexibility index (Phi) is 51.3. The average molecular weight is 1640 g/mol. The van der Waals surface area contributed by atoms with Gasteiger partial charge in [0.2, 0.25) is 0 Å². The van der Waals surface area contributed by atoms with Crippen molar-refractivity contribution in [2.24, 2.45) is 0 Å². The highest BCUT2D eigenvalue weighted by Gasteiger charge is 2.28. The molecule has 0 amide bonds. The van der Waals surface area contributed by atoms with Crippen molar-refractivity contribution in [3.63, 3.8) is 0 Å². The fourth-order valence-electron chi connectivity index (χ4n) is 11.3. The van der Waals surface area contributed by atoms with E-state index in [0.29, 0.717) is 91.8 Å². The van der Waals surface area contributed by atoms with Crippen LogP contribution in [0.1, 0.15) is 405 Å². The predicted molar refractivity (Wildman–Crippen MR) is 463 cm³/mol. The number of terminal acetylenes is 3. The SMILES string of the molecule is C.C#Cc1cc(OCCCCCCCCCC)c(C#C)cc1OCCCCCCCCCC.C#Cc1cc(OCCCCCCCCCC)c(C#Cc2cc(C(=O)OC(C)(C)C)c(C#CC)cc2C(=O)OC(C)(C)C)cc1OCCCCCCCCCC.CC(C)(C)OC(=O)c1cc(Br)c(C(=O)OC(C)(C)C)cc1Br. The lowest BCUT2D eigenvalue weighted by Gasteiger charge is -2.22. The lowest BCUT2D eigenvalue weighted by molar-refractivity contribution is 0.00501. The standard InChI is InChI=1S/C49H68O6.C30H46O2.C16H20Br2O4.CH4/c1-11-15-17-19-21-23-25-27-32-52-44-37-41(45(36-38(44)14-4)53-33-28-26-24-22-20-18-16-12-2)31-30-40-35-42(46(50)54-48(5,6)7)39(29-13-3)34-43(40)47(51)55-49(8,9)10;1-5-9-11-13-15-17-19-21-23-31-29-25-28(8-4)30(26-27(29)7-3)32-24-22-20-18-16-14-12-10-6-2;1-15(2,3)21-13(19)9-7-12(18)10(8-11(9)17)14(20)22-16(4,5)6;/h4,34-37H,11-12,15-28,32-33H2,1-3,5-10H3;3-4,25-26H,5-6,9-24H2,1-2H3;7-8H,1-6H3;1H4. The molecule has 0 saturated carbocycles. The van der Waals surface area contributed by atoms with E-state index in [-0.39, 0.29) is 18.6 Å². The molecule has 0 bridgehead atoms. The number of carbonyl (C=O) groups is 4. The second-order valence-corrected chi connectivity index (χ2v) is 33.5. The molecule has 608 valence electrons. The maximum absolute atomic E-state index is 13.6. The van der Waals surface area contributed by atoms with E-state index >= 15 is 0 Å². The molecule has 0 aliphatic heterocycles. The van der Waals surface area contributed by atoms with E-state index in [0.717, 1.165) is 49.7 Å². The summed E-state index contributed by atoms with van der Waals surface area (Å²) in [7, 11) is 0. The van der Waals surface area contributed by atoms with Gasteiger partial charge in [-0.05, 0) is 172 Å². The van der Waals surface area contributed by atoms with E-state index in [4.69, 9.17) is 57.2 Å². The third kappa shape index (κ3) is 44.1. The number of carbonyl (C=O) groups excluding carboxylic acids is 4. The van der Waals surface area contributed by atoms with Crippen LogP contribution in [0.25, 0.3) is 0 Å². The second kappa shape index (κ2) is 56.0. The molecule has 0 atom stereocenters. The second-order valence-electron chi connectivity index (χ2n) is 31.8. The topological polar surface area (TPSA) is 142 Å². The first-order chi connectivity index (χ1) is 51.8. The first kappa shape index (κ1) is 101. The zero-order chi connectivity index (χ0) is 81.3. The van der Waals surface area contributed by atoms with E-state index in [2.05, 4.69) is 101 Å². The molecule has 0 N–H and O–H groups in total. The summed E-state index contributed by atoms with van der Waals surface area (Å²) in [5.41, 5.74) is 1.66. The molecule has 0 heterocycles. The van der Waals surface area contributed by atoms with Gasteiger partial charge in [0.1, 0.15) is 45.4 Å². The lowest BCUT2D eigenvalue weighted by Crippen LogP contribution is -2.26. The Morgan fingerprint density at radius 3 is 0.745 bits per heavy atom. The Bertz CT molecular complexity index is 3540. The Morgan fingerprint density at radius 2 is 0.509 bits per heavy atom. The van der Waals surface area contributed by atoms with Crippen LogP contribution in [0.4, 0.5) is 0 Å². The minimum Gasteiger partial charge on any atom is -0.492 e. The van der Waals surface area contributed by atoms with Gasteiger partial charge in [0.05, 0.1) is 70.9 Å². The summed E-state index contributed by atoms with van der Waals surface area (Å²) in [5, 5.41) is 0. The third-order valence-corrected chi connectivity index (χ3v) is 18.2. The van der Waals surface area contributed by atoms with E-state index < -0.39 is 46.3 Å². The monoisotopic (exact) mass is 1640 g/mol. The highest BCUT2D eigenvalue weighted by molar-refractivity contribution is 9.11. The maximum Gasteiger partial charge on any atom is 0.339 e. The molecule has 0 fully saturated rings. The van der Waals surface area contributed by atoms with Crippen LogP contribution >= 0.6 is 31.9 Å². The fourth-order valence-corrected chi connectivity index (χ4v) is 12.3. The molecule has 110 heavy (non-hydrogen) atoms. The summed E-state index contributed by atoms with van der Waals surface area (Å²) in [4.78, 5) is 51.3.